The van der Waals surface area contributed by atoms with Crippen molar-refractivity contribution in [1.82, 2.24) is 64.8 Å². The smallest absolute Gasteiger partial charge is 0.337 e. The molecule has 0 saturated carbocycles. The molecule has 4 amide bonds. The number of rotatable bonds is 58. The van der Waals surface area contributed by atoms with E-state index in [1.54, 1.807) is 12.1 Å². The lowest BCUT2D eigenvalue weighted by molar-refractivity contribution is -0.117. The monoisotopic (exact) mass is 1780 g/mol. The van der Waals surface area contributed by atoms with E-state index in [2.05, 4.69) is 130 Å². The Balaban J connectivity index is 0.000000276. The van der Waals surface area contributed by atoms with Gasteiger partial charge in [-0.2, -0.15) is 0 Å². The Morgan fingerprint density at radius 1 is 0.313 bits per heavy atom. The molecule has 0 radical (unpaired) electrons. The van der Waals surface area contributed by atoms with Crippen molar-refractivity contribution in [2.45, 2.75) is 241 Å². The van der Waals surface area contributed by atoms with E-state index in [1.807, 2.05) is 183 Å². The standard InChI is InChI=1S/C57H71N9O5.C48H63N9O3/c1-4-6-8-24-55(67)63-53-22-16-20-50(61-53)42-65(40-48-18-10-12-31-59-48)38-45-34-46(36-52(35-45)71-33-15-14-30-58-37-44-26-28-47(29-27-44)57(69)70-3)39-66(41-49-19-11-13-32-60-49)43-51-21-17-23-54(62-51)64-56(68)25-9-7-5-2;1-3-5-7-23-47(58)54-45-21-15-19-42(52-45)36-56(34-40-17-9-12-26-50-40)32-38-29-39(31-44(30-38)60-28-14-11-25-49)33-57(35-41-18-10-13-27-51-41)37-43-20-16-22-46(53-43)55-48(59)24-8-6-4-2/h10-13,16-23,26-29,31-32,34-36,58H,4-9,14-15,24-25,30,33,37-43H2,1-3H3,(H,61,63,67)(H,62,64,68);9-10,12-13,15-22,26-27,29-31H,3-8,11,14,23-25,28,32-37,49H2,1-2H3,(H,52,54,58)(H,53,55,59). The van der Waals surface area contributed by atoms with E-state index in [-0.39, 0.29) is 29.6 Å². The van der Waals surface area contributed by atoms with Crippen LogP contribution in [0.1, 0.15) is 240 Å². The normalized spacial score (nSPS) is 11.2. The van der Waals surface area contributed by atoms with E-state index in [0.717, 1.165) is 194 Å². The number of carbonyl (C=O) groups excluding carboxylic acids is 5. The van der Waals surface area contributed by atoms with Gasteiger partial charge in [0.1, 0.15) is 34.8 Å². The summed E-state index contributed by atoms with van der Waals surface area (Å²) in [5.74, 6) is 3.37. The highest BCUT2D eigenvalue weighted by atomic mass is 16.5. The molecule has 11 rings (SSSR count). The van der Waals surface area contributed by atoms with Crippen LogP contribution in [0, 0.1) is 0 Å². The van der Waals surface area contributed by atoms with E-state index in [4.69, 9.17) is 39.9 Å². The summed E-state index contributed by atoms with van der Waals surface area (Å²) in [6.45, 7) is 18.5. The number of nitrogens with one attached hydrogen (secondary N) is 5. The number of nitrogens with two attached hydrogens (primary N) is 1. The van der Waals surface area contributed by atoms with Gasteiger partial charge in [0.2, 0.25) is 23.6 Å². The third-order valence-electron chi connectivity index (χ3n) is 21.6. The highest BCUT2D eigenvalue weighted by molar-refractivity contribution is 5.91. The first kappa shape index (κ1) is 101. The third kappa shape index (κ3) is 39.4. The number of anilines is 4. The molecule has 692 valence electrons. The van der Waals surface area contributed by atoms with Crippen LogP contribution in [0.5, 0.6) is 11.5 Å². The molecule has 0 saturated heterocycles. The molecule has 0 aliphatic rings. The molecule has 131 heavy (non-hydrogen) atoms. The molecular weight excluding hydrogens is 1640 g/mol. The summed E-state index contributed by atoms with van der Waals surface area (Å²) in [7, 11) is 1.38. The van der Waals surface area contributed by atoms with Crippen LogP contribution in [-0.2, 0) is 109 Å². The van der Waals surface area contributed by atoms with Crippen LogP contribution in [0.25, 0.3) is 0 Å². The van der Waals surface area contributed by atoms with Crippen molar-refractivity contribution in [3.8, 4) is 11.5 Å². The molecule has 26 heteroatoms. The van der Waals surface area contributed by atoms with Gasteiger partial charge in [0.25, 0.3) is 0 Å². The molecule has 0 bridgehead atoms. The molecule has 0 aliphatic carbocycles. The van der Waals surface area contributed by atoms with Gasteiger partial charge in [-0.05, 0) is 226 Å². The van der Waals surface area contributed by atoms with Gasteiger partial charge in [-0.25, -0.2) is 24.7 Å². The lowest BCUT2D eigenvalue weighted by Crippen LogP contribution is -2.25. The van der Waals surface area contributed by atoms with Crippen molar-refractivity contribution in [3.05, 3.63) is 310 Å². The van der Waals surface area contributed by atoms with Gasteiger partial charge in [-0.3, -0.25) is 58.7 Å². The Bertz CT molecular complexity index is 4910. The largest absolute Gasteiger partial charge is 0.494 e. The molecule has 8 aromatic heterocycles. The van der Waals surface area contributed by atoms with Crippen LogP contribution < -0.4 is 41.8 Å². The van der Waals surface area contributed by atoms with Crippen molar-refractivity contribution in [2.75, 3.05) is 54.7 Å². The van der Waals surface area contributed by atoms with Crippen LogP contribution in [0.15, 0.2) is 231 Å². The highest BCUT2D eigenvalue weighted by Gasteiger charge is 2.21. The molecule has 3 aromatic carbocycles. The minimum absolute atomic E-state index is 0.0144. The Hall–Kier alpha value is -12.4. The van der Waals surface area contributed by atoms with E-state index in [1.165, 1.54) is 7.11 Å². The predicted molar refractivity (Wildman–Crippen MR) is 518 cm³/mol. The number of nitrogens with zero attached hydrogens (tertiary/aromatic N) is 12. The molecular formula is C105H134N18O8. The van der Waals surface area contributed by atoms with Gasteiger partial charge in [0.15, 0.2) is 0 Å². The zero-order valence-corrected chi connectivity index (χ0v) is 77.3. The quantitative estimate of drug-likeness (QED) is 0.0152. The van der Waals surface area contributed by atoms with Crippen molar-refractivity contribution in [1.29, 1.82) is 0 Å². The second-order valence-electron chi connectivity index (χ2n) is 33.2. The second-order valence-corrected chi connectivity index (χ2v) is 33.2. The number of pyridine rings is 8. The first-order valence-corrected chi connectivity index (χ1v) is 46.7. The molecule has 0 fully saturated rings. The molecule has 0 spiro atoms. The summed E-state index contributed by atoms with van der Waals surface area (Å²) in [6.07, 6.45) is 24.4. The Labute approximate surface area is 774 Å². The summed E-state index contributed by atoms with van der Waals surface area (Å²) < 4.78 is 17.8. The molecule has 8 heterocycles. The number of hydrogen-bond acceptors (Lipinski definition) is 22. The Kier molecular flexibility index (Phi) is 44.8. The Morgan fingerprint density at radius 2 is 0.611 bits per heavy atom. The van der Waals surface area contributed by atoms with Crippen molar-refractivity contribution < 1.29 is 38.2 Å². The maximum Gasteiger partial charge on any atom is 0.337 e. The first-order chi connectivity index (χ1) is 64.1. The third-order valence-corrected chi connectivity index (χ3v) is 21.6. The van der Waals surface area contributed by atoms with E-state index in [9.17, 15) is 24.0 Å². The number of hydrogen-bond donors (Lipinski definition) is 6. The average molecular weight is 1780 g/mol. The van der Waals surface area contributed by atoms with Crippen molar-refractivity contribution >= 4 is 52.9 Å². The summed E-state index contributed by atoms with van der Waals surface area (Å²) >= 11 is 0. The zero-order chi connectivity index (χ0) is 92.1. The molecule has 0 atom stereocenters. The van der Waals surface area contributed by atoms with Gasteiger partial charge < -0.3 is 46.5 Å². The van der Waals surface area contributed by atoms with Gasteiger partial charge >= 0.3 is 5.97 Å². The summed E-state index contributed by atoms with van der Waals surface area (Å²) in [4.78, 5) is 110. The Morgan fingerprint density at radius 3 is 0.893 bits per heavy atom. The molecule has 0 aliphatic heterocycles. The van der Waals surface area contributed by atoms with E-state index < -0.39 is 0 Å². The van der Waals surface area contributed by atoms with Crippen LogP contribution >= 0.6 is 0 Å². The lowest BCUT2D eigenvalue weighted by atomic mass is 10.1. The number of methoxy groups -OCH3 is 1. The summed E-state index contributed by atoms with van der Waals surface area (Å²) in [6, 6.07) is 67.4. The van der Waals surface area contributed by atoms with Crippen LogP contribution in [0.3, 0.4) is 0 Å². The number of amides is 4. The van der Waals surface area contributed by atoms with Crippen LogP contribution in [0.4, 0.5) is 23.3 Å². The highest BCUT2D eigenvalue weighted by Crippen LogP contribution is 2.28. The number of aromatic nitrogens is 8. The number of esters is 1. The number of unbranched alkanes of at least 4 members (excludes halogenated alkanes) is 10. The summed E-state index contributed by atoms with van der Waals surface area (Å²) in [5, 5.41) is 15.5. The van der Waals surface area contributed by atoms with Crippen molar-refractivity contribution in [3.63, 3.8) is 0 Å². The van der Waals surface area contributed by atoms with E-state index in [0.29, 0.717) is 159 Å². The minimum Gasteiger partial charge on any atom is -0.494 e. The number of ether oxygens (including phenoxy) is 3. The zero-order valence-electron chi connectivity index (χ0n) is 77.3. The molecule has 11 aromatic rings. The molecule has 7 N–H and O–H groups in total. The first-order valence-electron chi connectivity index (χ1n) is 46.7. The van der Waals surface area contributed by atoms with Gasteiger partial charge in [0.05, 0.1) is 71.4 Å². The SMILES string of the molecule is CCCCCC(=O)Nc1cccc(CN(Cc2cc(CN(Cc3ccccn3)Cc3cccc(NC(=O)CCCCC)n3)cc(OCCCCN)c2)Cc2ccccn2)n1.CCCCCC(=O)Nc1cccc(CN(Cc2cc(CN(Cc3ccccn3)Cc3cccc(NC(=O)CCCCC)n3)cc(OCCCCNCc3ccc(C(=O)OC)cc3)c2)Cc2ccccn2)n1. The second kappa shape index (κ2) is 58.3. The fraction of sp³-hybridized carbons (Fsp3) is 0.400. The lowest BCUT2D eigenvalue weighted by Gasteiger charge is -2.25. The topological polar surface area (TPSA) is 315 Å². The van der Waals surface area contributed by atoms with Gasteiger partial charge in [0, 0.05) is 136 Å². The molecule has 26 nitrogen and oxygen atoms in total. The minimum atomic E-state index is -0.344. The van der Waals surface area contributed by atoms with Crippen LogP contribution in [-0.4, -0.2) is 122 Å². The van der Waals surface area contributed by atoms with Crippen LogP contribution in [0.2, 0.25) is 0 Å². The average Bonchev–Trinajstić information content (AvgIpc) is 0.835. The van der Waals surface area contributed by atoms with Crippen molar-refractivity contribution in [2.24, 2.45) is 5.73 Å². The number of benzene rings is 3. The molecule has 0 unspecified atom stereocenters. The maximum atomic E-state index is 12.7. The van der Waals surface area contributed by atoms with E-state index >= 15 is 0 Å². The predicted octanol–water partition coefficient (Wildman–Crippen LogP) is 19.3. The fourth-order valence-electron chi connectivity index (χ4n) is 15.1. The number of carbonyl (C=O) groups is 5. The van der Waals surface area contributed by atoms with Gasteiger partial charge in [-0.1, -0.05) is 152 Å². The summed E-state index contributed by atoms with van der Waals surface area (Å²) in [5.41, 5.74) is 18.8. The van der Waals surface area contributed by atoms with Gasteiger partial charge in [-0.15, -0.1) is 0 Å². The maximum absolute atomic E-state index is 12.7. The fourth-order valence-corrected chi connectivity index (χ4v) is 15.1.